The highest BCUT2D eigenvalue weighted by Gasteiger charge is 2.38. The minimum atomic E-state index is 0.152. The third-order valence-corrected chi connectivity index (χ3v) is 5.65. The lowest BCUT2D eigenvalue weighted by Gasteiger charge is -2.18. The first-order chi connectivity index (χ1) is 8.04. The molecule has 2 aromatic heterocycles. The van der Waals surface area contributed by atoms with Gasteiger partial charge in [-0.1, -0.05) is 19.8 Å². The van der Waals surface area contributed by atoms with Crippen LogP contribution in [0, 0.1) is 18.8 Å². The second-order valence-corrected chi connectivity index (χ2v) is 7.26. The van der Waals surface area contributed by atoms with Crippen LogP contribution in [0.25, 0.3) is 9.75 Å². The molecule has 0 aliphatic heterocycles. The molecule has 2 heterocycles. The second-order valence-electron chi connectivity index (χ2n) is 4.95. The van der Waals surface area contributed by atoms with Crippen LogP contribution in [0.2, 0.25) is 0 Å². The molecule has 0 radical (unpaired) electrons. The first-order valence-corrected chi connectivity index (χ1v) is 7.35. The SMILES string of the molecule is CC#Cc1cc2c(s1)-c1sc(C)cc1C2(C)C. The summed E-state index contributed by atoms with van der Waals surface area (Å²) >= 11 is 3.76. The van der Waals surface area contributed by atoms with Crippen molar-refractivity contribution in [2.45, 2.75) is 33.1 Å². The minimum Gasteiger partial charge on any atom is -0.139 e. The van der Waals surface area contributed by atoms with E-state index in [1.165, 1.54) is 30.6 Å². The summed E-state index contributed by atoms with van der Waals surface area (Å²) < 4.78 is 0. The molecule has 0 fully saturated rings. The minimum absolute atomic E-state index is 0.152. The molecule has 0 unspecified atom stereocenters. The standard InChI is InChI=1S/C15H14S2/c1-5-6-10-8-12-14(17-10)13-11(15(12,3)4)7-9(2)16-13/h7-8H,1-4H3. The first-order valence-electron chi connectivity index (χ1n) is 5.72. The van der Waals surface area contributed by atoms with Crippen LogP contribution in [0.4, 0.5) is 0 Å². The van der Waals surface area contributed by atoms with E-state index < -0.39 is 0 Å². The van der Waals surface area contributed by atoms with Crippen molar-refractivity contribution in [3.8, 4) is 21.6 Å². The maximum absolute atomic E-state index is 3.19. The van der Waals surface area contributed by atoms with Gasteiger partial charge in [0.1, 0.15) is 0 Å². The molecule has 0 bridgehead atoms. The van der Waals surface area contributed by atoms with Gasteiger partial charge in [-0.05, 0) is 37.1 Å². The van der Waals surface area contributed by atoms with E-state index in [1.807, 2.05) is 29.6 Å². The third-order valence-electron chi connectivity index (χ3n) is 3.39. The van der Waals surface area contributed by atoms with Crippen molar-refractivity contribution in [1.82, 2.24) is 0 Å². The summed E-state index contributed by atoms with van der Waals surface area (Å²) in [5.41, 5.74) is 3.11. The molecule has 0 nitrogen and oxygen atoms in total. The van der Waals surface area contributed by atoms with E-state index in [2.05, 4.69) is 44.7 Å². The molecule has 2 aromatic rings. The lowest BCUT2D eigenvalue weighted by atomic mass is 9.84. The van der Waals surface area contributed by atoms with Crippen LogP contribution >= 0.6 is 22.7 Å². The average Bonchev–Trinajstić information content (AvgIpc) is 2.85. The number of fused-ring (bicyclic) bond motifs is 3. The van der Waals surface area contributed by atoms with Gasteiger partial charge in [0.2, 0.25) is 0 Å². The Kier molecular flexibility index (Phi) is 2.26. The van der Waals surface area contributed by atoms with Gasteiger partial charge in [-0.2, -0.15) is 0 Å². The molecule has 2 heteroatoms. The molecule has 86 valence electrons. The van der Waals surface area contributed by atoms with Crippen LogP contribution in [0.3, 0.4) is 0 Å². The van der Waals surface area contributed by atoms with Crippen LogP contribution in [-0.4, -0.2) is 0 Å². The van der Waals surface area contributed by atoms with Gasteiger partial charge in [-0.15, -0.1) is 28.6 Å². The Morgan fingerprint density at radius 3 is 2.41 bits per heavy atom. The third kappa shape index (κ3) is 1.43. The van der Waals surface area contributed by atoms with E-state index in [4.69, 9.17) is 0 Å². The maximum Gasteiger partial charge on any atom is 0.0778 e. The van der Waals surface area contributed by atoms with Crippen LogP contribution < -0.4 is 0 Å². The smallest absolute Gasteiger partial charge is 0.0778 e. The Morgan fingerprint density at radius 1 is 1.06 bits per heavy atom. The molecule has 0 saturated carbocycles. The fraction of sp³-hybridized carbons (Fsp3) is 0.333. The molecule has 0 N–H and O–H groups in total. The number of rotatable bonds is 0. The van der Waals surface area contributed by atoms with Crippen LogP contribution in [0.5, 0.6) is 0 Å². The molecular weight excluding hydrogens is 244 g/mol. The Balaban J connectivity index is 2.29. The zero-order valence-corrected chi connectivity index (χ0v) is 12.1. The predicted molar refractivity (Wildman–Crippen MR) is 77.0 cm³/mol. The Morgan fingerprint density at radius 2 is 1.71 bits per heavy atom. The quantitative estimate of drug-likeness (QED) is 0.596. The number of aryl methyl sites for hydroxylation is 1. The maximum atomic E-state index is 3.19. The lowest BCUT2D eigenvalue weighted by Crippen LogP contribution is -2.13. The van der Waals surface area contributed by atoms with Crippen LogP contribution in [-0.2, 0) is 5.41 Å². The highest BCUT2D eigenvalue weighted by Crippen LogP contribution is 2.55. The van der Waals surface area contributed by atoms with Gasteiger partial charge < -0.3 is 0 Å². The van der Waals surface area contributed by atoms with Crippen molar-refractivity contribution >= 4 is 22.7 Å². The molecule has 0 amide bonds. The molecule has 0 saturated heterocycles. The average molecular weight is 258 g/mol. The van der Waals surface area contributed by atoms with E-state index in [0.29, 0.717) is 0 Å². The van der Waals surface area contributed by atoms with Gasteiger partial charge in [0.15, 0.2) is 0 Å². The Bertz CT molecular complexity index is 657. The summed E-state index contributed by atoms with van der Waals surface area (Å²) in [4.78, 5) is 5.52. The molecule has 0 atom stereocenters. The summed E-state index contributed by atoms with van der Waals surface area (Å²) in [6.07, 6.45) is 0. The van der Waals surface area contributed by atoms with Gasteiger partial charge in [0, 0.05) is 20.0 Å². The Hall–Kier alpha value is -1.04. The number of thiophene rings is 2. The molecule has 3 rings (SSSR count). The van der Waals surface area contributed by atoms with E-state index in [1.54, 1.807) is 0 Å². The molecule has 0 spiro atoms. The highest BCUT2D eigenvalue weighted by atomic mass is 32.1. The second kappa shape index (κ2) is 3.48. The van der Waals surface area contributed by atoms with Gasteiger partial charge in [-0.25, -0.2) is 0 Å². The van der Waals surface area contributed by atoms with Crippen molar-refractivity contribution in [2.24, 2.45) is 0 Å². The molecular formula is C15H14S2. The first kappa shape index (κ1) is 11.1. The fourth-order valence-electron chi connectivity index (χ4n) is 2.50. The summed E-state index contributed by atoms with van der Waals surface area (Å²) in [6.45, 7) is 8.73. The summed E-state index contributed by atoms with van der Waals surface area (Å²) in [6, 6.07) is 4.62. The van der Waals surface area contributed by atoms with E-state index in [0.717, 1.165) is 0 Å². The van der Waals surface area contributed by atoms with E-state index in [9.17, 15) is 0 Å². The van der Waals surface area contributed by atoms with E-state index in [-0.39, 0.29) is 5.41 Å². The topological polar surface area (TPSA) is 0 Å². The molecule has 17 heavy (non-hydrogen) atoms. The summed E-state index contributed by atoms with van der Waals surface area (Å²) in [7, 11) is 0. The number of hydrogen-bond acceptors (Lipinski definition) is 2. The van der Waals surface area contributed by atoms with Crippen LogP contribution in [0.15, 0.2) is 12.1 Å². The van der Waals surface area contributed by atoms with Gasteiger partial charge in [0.05, 0.1) is 4.88 Å². The largest absolute Gasteiger partial charge is 0.139 e. The zero-order valence-electron chi connectivity index (χ0n) is 10.5. The van der Waals surface area contributed by atoms with Crippen LogP contribution in [0.1, 0.15) is 41.7 Å². The van der Waals surface area contributed by atoms with Crippen molar-refractivity contribution in [3.63, 3.8) is 0 Å². The fourth-order valence-corrected chi connectivity index (χ4v) is 5.05. The van der Waals surface area contributed by atoms with Crippen molar-refractivity contribution in [1.29, 1.82) is 0 Å². The normalized spacial score (nSPS) is 15.1. The monoisotopic (exact) mass is 258 g/mol. The van der Waals surface area contributed by atoms with E-state index >= 15 is 0 Å². The molecule has 1 aliphatic rings. The Labute approximate surface area is 110 Å². The predicted octanol–water partition coefficient (Wildman–Crippen LogP) is 4.80. The van der Waals surface area contributed by atoms with Gasteiger partial charge in [-0.3, -0.25) is 0 Å². The molecule has 1 aliphatic carbocycles. The summed E-state index contributed by atoms with van der Waals surface area (Å²) in [5, 5.41) is 0. The summed E-state index contributed by atoms with van der Waals surface area (Å²) in [5.74, 6) is 6.18. The number of hydrogen-bond donors (Lipinski definition) is 0. The van der Waals surface area contributed by atoms with Crippen molar-refractivity contribution in [2.75, 3.05) is 0 Å². The lowest BCUT2D eigenvalue weighted by molar-refractivity contribution is 0.663. The van der Waals surface area contributed by atoms with Crippen molar-refractivity contribution in [3.05, 3.63) is 33.0 Å². The van der Waals surface area contributed by atoms with Gasteiger partial charge in [0.25, 0.3) is 0 Å². The highest BCUT2D eigenvalue weighted by molar-refractivity contribution is 7.23. The van der Waals surface area contributed by atoms with Crippen molar-refractivity contribution < 1.29 is 0 Å². The molecule has 0 aromatic carbocycles. The van der Waals surface area contributed by atoms with Gasteiger partial charge >= 0.3 is 0 Å². The zero-order chi connectivity index (χ0) is 12.2.